The van der Waals surface area contributed by atoms with Gasteiger partial charge in [0, 0.05) is 13.1 Å². The van der Waals surface area contributed by atoms with Crippen LogP contribution in [0.4, 0.5) is 0 Å². The van der Waals surface area contributed by atoms with Gasteiger partial charge in [0.15, 0.2) is 0 Å². The topological polar surface area (TPSA) is 3.24 Å². The predicted octanol–water partition coefficient (Wildman–Crippen LogP) is 3.16. The fraction of sp³-hybridized carbons (Fsp3) is 0.538. The molecule has 1 aliphatic heterocycles. The summed E-state index contributed by atoms with van der Waals surface area (Å²) in [6, 6.07) is 0. The molecule has 0 saturated carbocycles. The van der Waals surface area contributed by atoms with E-state index in [1.165, 1.54) is 24.1 Å². The average Bonchev–Trinajstić information content (AvgIpc) is 2.18. The van der Waals surface area contributed by atoms with Gasteiger partial charge in [0.1, 0.15) is 0 Å². The Morgan fingerprint density at radius 2 is 2.07 bits per heavy atom. The average molecular weight is 191 g/mol. The predicted molar refractivity (Wildman–Crippen MR) is 63.4 cm³/mol. The minimum Gasteiger partial charge on any atom is -0.302 e. The Kier molecular flexibility index (Phi) is 4.68. The van der Waals surface area contributed by atoms with Gasteiger partial charge in [-0.2, -0.15) is 0 Å². The molecule has 0 unspecified atom stereocenters. The van der Waals surface area contributed by atoms with E-state index < -0.39 is 0 Å². The maximum atomic E-state index is 2.38. The molecular weight excluding hydrogens is 170 g/mol. The molecule has 1 heteroatoms. The summed E-state index contributed by atoms with van der Waals surface area (Å²) in [4.78, 5) is 2.38. The lowest BCUT2D eigenvalue weighted by Crippen LogP contribution is -2.27. The van der Waals surface area contributed by atoms with Crippen LogP contribution < -0.4 is 0 Å². The van der Waals surface area contributed by atoms with Gasteiger partial charge in [-0.25, -0.2) is 0 Å². The molecule has 1 rings (SSSR count). The van der Waals surface area contributed by atoms with Crippen molar-refractivity contribution < 1.29 is 0 Å². The first-order valence-electron chi connectivity index (χ1n) is 5.47. The number of nitrogens with zero attached hydrogens (tertiary/aromatic N) is 1. The zero-order valence-electron chi connectivity index (χ0n) is 9.59. The van der Waals surface area contributed by atoms with Crippen molar-refractivity contribution in [3.8, 4) is 0 Å². The monoisotopic (exact) mass is 191 g/mol. The Labute approximate surface area is 87.8 Å². The molecular formula is C13H21N. The number of hydrogen-bond donors (Lipinski definition) is 0. The van der Waals surface area contributed by atoms with E-state index in [1.807, 2.05) is 0 Å². The second-order valence-electron chi connectivity index (χ2n) is 3.85. The molecule has 0 atom stereocenters. The van der Waals surface area contributed by atoms with Crippen LogP contribution in [0.1, 0.15) is 26.7 Å². The SMILES string of the molecule is C/C=C\C1=C(/C=C\CC)CN(C)CC1. The van der Waals surface area contributed by atoms with E-state index in [0.717, 1.165) is 13.0 Å². The Bertz CT molecular complexity index is 258. The molecule has 0 aromatic rings. The molecule has 0 aliphatic carbocycles. The van der Waals surface area contributed by atoms with Crippen molar-refractivity contribution in [3.05, 3.63) is 35.5 Å². The van der Waals surface area contributed by atoms with Crippen LogP contribution in [0.3, 0.4) is 0 Å². The molecule has 0 bridgehead atoms. The minimum absolute atomic E-state index is 1.09. The largest absolute Gasteiger partial charge is 0.302 e. The molecule has 14 heavy (non-hydrogen) atoms. The highest BCUT2D eigenvalue weighted by molar-refractivity contribution is 5.36. The van der Waals surface area contributed by atoms with Gasteiger partial charge in [-0.05, 0) is 38.0 Å². The van der Waals surface area contributed by atoms with E-state index in [4.69, 9.17) is 0 Å². The number of likely N-dealkylation sites (N-methyl/N-ethyl adjacent to an activating group) is 1. The van der Waals surface area contributed by atoms with E-state index in [-0.39, 0.29) is 0 Å². The van der Waals surface area contributed by atoms with Crippen LogP contribution >= 0.6 is 0 Å². The highest BCUT2D eigenvalue weighted by Crippen LogP contribution is 2.19. The van der Waals surface area contributed by atoms with Gasteiger partial charge in [0.25, 0.3) is 0 Å². The van der Waals surface area contributed by atoms with E-state index >= 15 is 0 Å². The third-order valence-electron chi connectivity index (χ3n) is 2.54. The molecule has 1 nitrogen and oxygen atoms in total. The molecule has 0 N–H and O–H groups in total. The van der Waals surface area contributed by atoms with Gasteiger partial charge >= 0.3 is 0 Å². The maximum absolute atomic E-state index is 2.38. The Morgan fingerprint density at radius 1 is 1.29 bits per heavy atom. The maximum Gasteiger partial charge on any atom is 0.0233 e. The second-order valence-corrected chi connectivity index (χ2v) is 3.85. The third kappa shape index (κ3) is 3.15. The molecule has 1 heterocycles. The lowest BCUT2D eigenvalue weighted by molar-refractivity contribution is 0.354. The van der Waals surface area contributed by atoms with Crippen molar-refractivity contribution in [2.75, 3.05) is 20.1 Å². The van der Waals surface area contributed by atoms with Crippen molar-refractivity contribution >= 4 is 0 Å². The quantitative estimate of drug-likeness (QED) is 0.662. The minimum atomic E-state index is 1.09. The van der Waals surface area contributed by atoms with Crippen molar-refractivity contribution in [2.24, 2.45) is 0 Å². The highest BCUT2D eigenvalue weighted by Gasteiger charge is 2.11. The number of rotatable bonds is 3. The van der Waals surface area contributed by atoms with E-state index in [1.54, 1.807) is 0 Å². The van der Waals surface area contributed by atoms with Gasteiger partial charge in [-0.1, -0.05) is 31.2 Å². The molecule has 0 radical (unpaired) electrons. The van der Waals surface area contributed by atoms with Crippen molar-refractivity contribution in [1.82, 2.24) is 4.90 Å². The van der Waals surface area contributed by atoms with Gasteiger partial charge in [-0.3, -0.25) is 0 Å². The zero-order chi connectivity index (χ0) is 10.4. The molecule has 0 saturated heterocycles. The van der Waals surface area contributed by atoms with Crippen molar-refractivity contribution in [1.29, 1.82) is 0 Å². The summed E-state index contributed by atoms with van der Waals surface area (Å²) in [5.41, 5.74) is 2.99. The molecule has 0 aromatic heterocycles. The van der Waals surface area contributed by atoms with E-state index in [0.29, 0.717) is 0 Å². The summed E-state index contributed by atoms with van der Waals surface area (Å²) >= 11 is 0. The van der Waals surface area contributed by atoms with Crippen LogP contribution in [0, 0.1) is 0 Å². The van der Waals surface area contributed by atoms with E-state index in [2.05, 4.69) is 50.1 Å². The first kappa shape index (κ1) is 11.3. The van der Waals surface area contributed by atoms with Crippen LogP contribution in [0.2, 0.25) is 0 Å². The van der Waals surface area contributed by atoms with Crippen LogP contribution in [0.25, 0.3) is 0 Å². The summed E-state index contributed by atoms with van der Waals surface area (Å²) in [6.07, 6.45) is 11.2. The van der Waals surface area contributed by atoms with Crippen LogP contribution in [0.15, 0.2) is 35.5 Å². The molecule has 78 valence electrons. The zero-order valence-corrected chi connectivity index (χ0v) is 9.59. The third-order valence-corrected chi connectivity index (χ3v) is 2.54. The Hall–Kier alpha value is -0.820. The smallest absolute Gasteiger partial charge is 0.0233 e. The fourth-order valence-corrected chi connectivity index (χ4v) is 1.75. The normalized spacial score (nSPS) is 20.2. The lowest BCUT2D eigenvalue weighted by atomic mass is 9.99. The Balaban J connectivity index is 2.82. The molecule has 0 fully saturated rings. The first-order valence-corrected chi connectivity index (χ1v) is 5.47. The van der Waals surface area contributed by atoms with Gasteiger partial charge in [0.2, 0.25) is 0 Å². The summed E-state index contributed by atoms with van der Waals surface area (Å²) in [6.45, 7) is 6.55. The lowest BCUT2D eigenvalue weighted by Gasteiger charge is -2.25. The second kappa shape index (κ2) is 5.82. The summed E-state index contributed by atoms with van der Waals surface area (Å²) in [5.74, 6) is 0. The van der Waals surface area contributed by atoms with Gasteiger partial charge in [-0.15, -0.1) is 0 Å². The summed E-state index contributed by atoms with van der Waals surface area (Å²) < 4.78 is 0. The van der Waals surface area contributed by atoms with Crippen molar-refractivity contribution in [3.63, 3.8) is 0 Å². The standard InChI is InChI=1S/C13H21N/c1-4-6-8-13-11-14(3)10-9-12(13)7-5-2/h5-8H,4,9-11H2,1-3H3/b7-5-,8-6-. The molecule has 1 aliphatic rings. The molecule has 0 amide bonds. The number of allylic oxidation sites excluding steroid dienone is 3. The Morgan fingerprint density at radius 3 is 2.71 bits per heavy atom. The van der Waals surface area contributed by atoms with Crippen LogP contribution in [-0.2, 0) is 0 Å². The van der Waals surface area contributed by atoms with Gasteiger partial charge in [0.05, 0.1) is 0 Å². The fourth-order valence-electron chi connectivity index (χ4n) is 1.75. The summed E-state index contributed by atoms with van der Waals surface area (Å²) in [5, 5.41) is 0. The highest BCUT2D eigenvalue weighted by atomic mass is 15.1. The van der Waals surface area contributed by atoms with Crippen LogP contribution in [0.5, 0.6) is 0 Å². The summed E-state index contributed by atoms with van der Waals surface area (Å²) in [7, 11) is 2.19. The van der Waals surface area contributed by atoms with Crippen molar-refractivity contribution in [2.45, 2.75) is 26.7 Å². The van der Waals surface area contributed by atoms with E-state index in [9.17, 15) is 0 Å². The number of hydrogen-bond acceptors (Lipinski definition) is 1. The first-order chi connectivity index (χ1) is 6.77. The molecule has 0 aromatic carbocycles. The molecule has 0 spiro atoms. The van der Waals surface area contributed by atoms with Gasteiger partial charge < -0.3 is 4.90 Å². The van der Waals surface area contributed by atoms with Crippen LogP contribution in [-0.4, -0.2) is 25.0 Å².